The van der Waals surface area contributed by atoms with Crippen LogP contribution in [0, 0.1) is 0 Å². The summed E-state index contributed by atoms with van der Waals surface area (Å²) in [5.74, 6) is 0.656. The minimum atomic E-state index is -0.405. The topological polar surface area (TPSA) is 52.6 Å². The number of ketones is 1. The zero-order chi connectivity index (χ0) is 16.8. The third-order valence-corrected chi connectivity index (χ3v) is 3.37. The van der Waals surface area contributed by atoms with E-state index in [1.54, 1.807) is 36.4 Å². The van der Waals surface area contributed by atoms with Crippen LogP contribution in [0.25, 0.3) is 5.76 Å². The highest BCUT2D eigenvalue weighted by molar-refractivity contribution is 5.99. The fraction of sp³-hybridized carbons (Fsp3) is 0.158. The average molecular weight is 310 g/mol. The monoisotopic (exact) mass is 310 g/mol. The van der Waals surface area contributed by atoms with Crippen LogP contribution in [0.5, 0.6) is 0 Å². The highest BCUT2D eigenvalue weighted by Gasteiger charge is 2.19. The standard InChI is InChI=1S/C19H18O4/c1-4-5-6-13(2)17-11-16(20)12-18(23-17)14-7-9-15(10-8-14)19(21)22-3/h4-10,12H,1,11H2,2-3H3/b6-5-,17-13+. The Hall–Kier alpha value is -2.88. The molecule has 2 rings (SSSR count). The number of hydrogen-bond donors (Lipinski definition) is 0. The number of allylic oxidation sites excluding steroid dienone is 6. The van der Waals surface area contributed by atoms with Crippen molar-refractivity contribution in [2.24, 2.45) is 0 Å². The summed E-state index contributed by atoms with van der Waals surface area (Å²) < 4.78 is 10.5. The van der Waals surface area contributed by atoms with Gasteiger partial charge in [0.05, 0.1) is 19.1 Å². The molecular formula is C19H18O4. The molecule has 0 fully saturated rings. The van der Waals surface area contributed by atoms with Gasteiger partial charge >= 0.3 is 5.97 Å². The Morgan fingerprint density at radius 2 is 2.00 bits per heavy atom. The van der Waals surface area contributed by atoms with Crippen molar-refractivity contribution in [2.45, 2.75) is 13.3 Å². The van der Waals surface area contributed by atoms with Gasteiger partial charge in [-0.15, -0.1) is 0 Å². The number of hydrogen-bond acceptors (Lipinski definition) is 4. The minimum Gasteiger partial charge on any atom is -0.465 e. The number of rotatable bonds is 4. The summed E-state index contributed by atoms with van der Waals surface area (Å²) in [6.45, 7) is 5.50. The first kappa shape index (κ1) is 16.5. The Labute approximate surface area is 135 Å². The van der Waals surface area contributed by atoms with Gasteiger partial charge in [-0.05, 0) is 24.6 Å². The van der Waals surface area contributed by atoms with Gasteiger partial charge in [-0.1, -0.05) is 36.9 Å². The smallest absolute Gasteiger partial charge is 0.337 e. The summed E-state index contributed by atoms with van der Waals surface area (Å²) in [6.07, 6.45) is 7.01. The molecule has 4 nitrogen and oxygen atoms in total. The van der Waals surface area contributed by atoms with Crippen LogP contribution in [0.3, 0.4) is 0 Å². The van der Waals surface area contributed by atoms with Crippen LogP contribution in [0.1, 0.15) is 29.3 Å². The molecule has 4 heteroatoms. The molecule has 0 saturated carbocycles. The van der Waals surface area contributed by atoms with Crippen molar-refractivity contribution in [3.8, 4) is 0 Å². The lowest BCUT2D eigenvalue weighted by Crippen LogP contribution is -2.09. The molecule has 0 N–H and O–H groups in total. The number of esters is 1. The summed E-state index contributed by atoms with van der Waals surface area (Å²) in [5, 5.41) is 0. The van der Waals surface area contributed by atoms with Crippen molar-refractivity contribution in [3.05, 3.63) is 77.6 Å². The number of ether oxygens (including phenoxy) is 2. The fourth-order valence-corrected chi connectivity index (χ4v) is 2.11. The predicted molar refractivity (Wildman–Crippen MR) is 88.5 cm³/mol. The van der Waals surface area contributed by atoms with Gasteiger partial charge < -0.3 is 9.47 Å². The number of benzene rings is 1. The normalized spacial score (nSPS) is 16.6. The van der Waals surface area contributed by atoms with Crippen molar-refractivity contribution in [2.75, 3.05) is 7.11 Å². The number of carbonyl (C=O) groups is 2. The summed E-state index contributed by atoms with van der Waals surface area (Å²) in [5.41, 5.74) is 2.04. The first-order valence-corrected chi connectivity index (χ1v) is 7.15. The van der Waals surface area contributed by atoms with Crippen molar-refractivity contribution in [1.82, 2.24) is 0 Å². The molecule has 0 atom stereocenters. The van der Waals surface area contributed by atoms with E-state index < -0.39 is 5.97 Å². The maximum Gasteiger partial charge on any atom is 0.337 e. The molecule has 0 aliphatic carbocycles. The molecular weight excluding hydrogens is 292 g/mol. The number of carbonyl (C=O) groups excluding carboxylic acids is 2. The van der Waals surface area contributed by atoms with E-state index in [0.717, 1.165) is 11.1 Å². The van der Waals surface area contributed by atoms with Crippen LogP contribution in [-0.4, -0.2) is 18.9 Å². The average Bonchev–Trinajstić information content (AvgIpc) is 2.58. The lowest BCUT2D eigenvalue weighted by Gasteiger charge is -2.19. The molecule has 0 unspecified atom stereocenters. The van der Waals surface area contributed by atoms with Crippen LogP contribution in [-0.2, 0) is 14.3 Å². The van der Waals surface area contributed by atoms with Crippen LogP contribution in [0.2, 0.25) is 0 Å². The lowest BCUT2D eigenvalue weighted by molar-refractivity contribution is -0.114. The molecule has 0 spiro atoms. The Balaban J connectivity index is 2.29. The van der Waals surface area contributed by atoms with Gasteiger partial charge in [-0.3, -0.25) is 4.79 Å². The van der Waals surface area contributed by atoms with Crippen molar-refractivity contribution in [1.29, 1.82) is 0 Å². The highest BCUT2D eigenvalue weighted by atomic mass is 16.5. The molecule has 1 aliphatic rings. The van der Waals surface area contributed by atoms with Gasteiger partial charge in [-0.2, -0.15) is 0 Å². The molecule has 0 saturated heterocycles. The lowest BCUT2D eigenvalue weighted by atomic mass is 10.0. The predicted octanol–water partition coefficient (Wildman–Crippen LogP) is 3.82. The van der Waals surface area contributed by atoms with Gasteiger partial charge in [-0.25, -0.2) is 4.79 Å². The van der Waals surface area contributed by atoms with Crippen molar-refractivity contribution in [3.63, 3.8) is 0 Å². The minimum absolute atomic E-state index is 0.0235. The van der Waals surface area contributed by atoms with E-state index in [1.165, 1.54) is 13.2 Å². The third-order valence-electron chi connectivity index (χ3n) is 3.37. The summed E-state index contributed by atoms with van der Waals surface area (Å²) in [7, 11) is 1.33. The molecule has 0 bridgehead atoms. The molecule has 118 valence electrons. The highest BCUT2D eigenvalue weighted by Crippen LogP contribution is 2.28. The molecule has 1 aliphatic heterocycles. The van der Waals surface area contributed by atoms with Crippen molar-refractivity contribution >= 4 is 17.5 Å². The number of methoxy groups -OCH3 is 1. The zero-order valence-electron chi connectivity index (χ0n) is 13.2. The first-order valence-electron chi connectivity index (χ1n) is 7.15. The maximum atomic E-state index is 11.9. The van der Waals surface area contributed by atoms with Gasteiger partial charge in [0.2, 0.25) is 0 Å². The molecule has 0 aromatic heterocycles. The van der Waals surface area contributed by atoms with Crippen LogP contribution in [0.15, 0.2) is 66.5 Å². The molecule has 1 aromatic carbocycles. The Bertz CT molecular complexity index is 718. The Morgan fingerprint density at radius 1 is 1.30 bits per heavy atom. The van der Waals surface area contributed by atoms with Crippen LogP contribution in [0.4, 0.5) is 0 Å². The van der Waals surface area contributed by atoms with Gasteiger partial charge in [0.25, 0.3) is 0 Å². The van der Waals surface area contributed by atoms with E-state index in [1.807, 2.05) is 13.0 Å². The molecule has 23 heavy (non-hydrogen) atoms. The van der Waals surface area contributed by atoms with E-state index >= 15 is 0 Å². The molecule has 0 amide bonds. The van der Waals surface area contributed by atoms with Gasteiger partial charge in [0.1, 0.15) is 11.5 Å². The van der Waals surface area contributed by atoms with E-state index in [0.29, 0.717) is 17.1 Å². The van der Waals surface area contributed by atoms with Crippen molar-refractivity contribution < 1.29 is 19.1 Å². The van der Waals surface area contributed by atoms with Gasteiger partial charge in [0.15, 0.2) is 5.78 Å². The van der Waals surface area contributed by atoms with E-state index in [9.17, 15) is 9.59 Å². The van der Waals surface area contributed by atoms with Gasteiger partial charge in [0, 0.05) is 11.6 Å². The fourth-order valence-electron chi connectivity index (χ4n) is 2.11. The second kappa shape index (κ2) is 7.40. The molecule has 1 aromatic rings. The SMILES string of the molecule is C=C/C=C\C(C)=C1/CC(=O)C=C(c2ccc(C(=O)OC)cc2)O1. The second-order valence-electron chi connectivity index (χ2n) is 5.02. The Morgan fingerprint density at radius 3 is 2.61 bits per heavy atom. The largest absolute Gasteiger partial charge is 0.465 e. The van der Waals surface area contributed by atoms with E-state index in [2.05, 4.69) is 11.3 Å². The Kier molecular flexibility index (Phi) is 5.31. The van der Waals surface area contributed by atoms with Crippen LogP contribution >= 0.6 is 0 Å². The molecule has 1 heterocycles. The summed E-state index contributed by atoms with van der Waals surface area (Å²) >= 11 is 0. The first-order chi connectivity index (χ1) is 11.0. The van der Waals surface area contributed by atoms with E-state index in [-0.39, 0.29) is 12.2 Å². The molecule has 0 radical (unpaired) electrons. The quantitative estimate of drug-likeness (QED) is 0.626. The summed E-state index contributed by atoms with van der Waals surface area (Å²) in [6, 6.07) is 6.73. The summed E-state index contributed by atoms with van der Waals surface area (Å²) in [4.78, 5) is 23.4. The zero-order valence-corrected chi connectivity index (χ0v) is 13.2. The second-order valence-corrected chi connectivity index (χ2v) is 5.02. The maximum absolute atomic E-state index is 11.9. The van der Waals surface area contributed by atoms with Crippen LogP contribution < -0.4 is 0 Å². The van der Waals surface area contributed by atoms with E-state index in [4.69, 9.17) is 4.74 Å². The third kappa shape index (κ3) is 4.07.